The molecule has 3 rings (SSSR count). The van der Waals surface area contributed by atoms with Crippen molar-refractivity contribution < 1.29 is 19.1 Å². The van der Waals surface area contributed by atoms with Gasteiger partial charge in [-0.1, -0.05) is 23.8 Å². The van der Waals surface area contributed by atoms with Crippen LogP contribution in [0.1, 0.15) is 62.4 Å². The van der Waals surface area contributed by atoms with Gasteiger partial charge in [0.15, 0.2) is 0 Å². The summed E-state index contributed by atoms with van der Waals surface area (Å²) in [5.74, 6) is -0.250. The first kappa shape index (κ1) is 17.5. The number of rotatable bonds is 1. The van der Waals surface area contributed by atoms with Crippen LogP contribution in [0, 0.1) is 0 Å². The molecule has 1 heterocycles. The maximum atomic E-state index is 11.9. The van der Waals surface area contributed by atoms with Gasteiger partial charge in [0.2, 0.25) is 0 Å². The first-order valence-electron chi connectivity index (χ1n) is 8.80. The quantitative estimate of drug-likeness (QED) is 0.781. The molecule has 134 valence electrons. The molecular weight excluding hydrogens is 318 g/mol. The van der Waals surface area contributed by atoms with Crippen LogP contribution < -0.4 is 5.32 Å². The number of allylic oxidation sites excluding steroid dienone is 1. The van der Waals surface area contributed by atoms with Crippen molar-refractivity contribution >= 4 is 17.6 Å². The molecule has 0 bridgehead atoms. The van der Waals surface area contributed by atoms with Crippen LogP contribution in [0.3, 0.4) is 0 Å². The van der Waals surface area contributed by atoms with E-state index in [1.54, 1.807) is 0 Å². The third-order valence-electron chi connectivity index (χ3n) is 4.56. The van der Waals surface area contributed by atoms with Gasteiger partial charge in [-0.3, -0.25) is 0 Å². The molecular formula is C20H25NO4. The molecule has 0 radical (unpaired) electrons. The van der Waals surface area contributed by atoms with E-state index in [4.69, 9.17) is 9.47 Å². The van der Waals surface area contributed by atoms with Crippen molar-refractivity contribution in [2.75, 3.05) is 6.61 Å². The fraction of sp³-hybridized carbons (Fsp3) is 0.500. The highest BCUT2D eigenvalue weighted by Crippen LogP contribution is 2.35. The molecule has 0 aromatic heterocycles. The maximum absolute atomic E-state index is 11.9. The van der Waals surface area contributed by atoms with Crippen LogP contribution in [0.15, 0.2) is 29.8 Å². The van der Waals surface area contributed by atoms with Crippen LogP contribution in [-0.4, -0.2) is 30.3 Å². The summed E-state index contributed by atoms with van der Waals surface area (Å²) in [5, 5.41) is 2.96. The maximum Gasteiger partial charge on any atom is 0.407 e. The minimum Gasteiger partial charge on any atom is -0.457 e. The van der Waals surface area contributed by atoms with Gasteiger partial charge >= 0.3 is 12.1 Å². The molecule has 1 aromatic rings. The number of hydrogen-bond donors (Lipinski definition) is 1. The average molecular weight is 343 g/mol. The lowest BCUT2D eigenvalue weighted by Crippen LogP contribution is -2.40. The Morgan fingerprint density at radius 3 is 2.44 bits per heavy atom. The highest BCUT2D eigenvalue weighted by molar-refractivity contribution is 5.99. The van der Waals surface area contributed by atoms with Crippen molar-refractivity contribution in [3.8, 4) is 0 Å². The first-order chi connectivity index (χ1) is 11.8. The summed E-state index contributed by atoms with van der Waals surface area (Å²) in [5.41, 5.74) is 3.60. The number of nitrogens with one attached hydrogen (secondary N) is 1. The Hall–Kier alpha value is -2.30. The summed E-state index contributed by atoms with van der Waals surface area (Å²) in [6.07, 6.45) is 3.16. The Kier molecular flexibility index (Phi) is 4.84. The number of carbonyl (C=O) groups is 2. The summed E-state index contributed by atoms with van der Waals surface area (Å²) >= 11 is 0. The molecule has 0 atom stereocenters. The number of alkyl carbamates (subject to hydrolysis) is 1. The fourth-order valence-corrected chi connectivity index (χ4v) is 3.40. The fourth-order valence-electron chi connectivity index (χ4n) is 3.40. The second kappa shape index (κ2) is 6.90. The van der Waals surface area contributed by atoms with Crippen molar-refractivity contribution in [1.82, 2.24) is 5.32 Å². The van der Waals surface area contributed by atoms with E-state index in [1.165, 1.54) is 5.57 Å². The summed E-state index contributed by atoms with van der Waals surface area (Å²) in [7, 11) is 0. The Bertz CT molecular complexity index is 705. The molecule has 1 aliphatic heterocycles. The molecule has 1 saturated carbocycles. The Labute approximate surface area is 148 Å². The zero-order chi connectivity index (χ0) is 18.0. The molecule has 25 heavy (non-hydrogen) atoms. The van der Waals surface area contributed by atoms with Crippen molar-refractivity contribution in [2.24, 2.45) is 0 Å². The zero-order valence-corrected chi connectivity index (χ0v) is 15.1. The third-order valence-corrected chi connectivity index (χ3v) is 4.56. The second-order valence-corrected chi connectivity index (χ2v) is 7.62. The van der Waals surface area contributed by atoms with Crippen molar-refractivity contribution in [1.29, 1.82) is 0 Å². The predicted molar refractivity (Wildman–Crippen MR) is 95.3 cm³/mol. The van der Waals surface area contributed by atoms with Crippen molar-refractivity contribution in [3.05, 3.63) is 41.0 Å². The molecule has 0 saturated heterocycles. The number of cyclic esters (lactones) is 1. The average Bonchev–Trinajstić information content (AvgIpc) is 2.55. The van der Waals surface area contributed by atoms with E-state index in [2.05, 4.69) is 5.32 Å². The second-order valence-electron chi connectivity index (χ2n) is 7.62. The lowest BCUT2D eigenvalue weighted by Gasteiger charge is -2.29. The monoisotopic (exact) mass is 343 g/mol. The lowest BCUT2D eigenvalue weighted by molar-refractivity contribution is 0.0492. The van der Waals surface area contributed by atoms with Crippen LogP contribution in [0.2, 0.25) is 0 Å². The van der Waals surface area contributed by atoms with Crippen LogP contribution >= 0.6 is 0 Å². The summed E-state index contributed by atoms with van der Waals surface area (Å²) < 4.78 is 10.7. The van der Waals surface area contributed by atoms with Crippen molar-refractivity contribution in [3.63, 3.8) is 0 Å². The first-order valence-corrected chi connectivity index (χ1v) is 8.80. The number of benzene rings is 1. The van der Waals surface area contributed by atoms with Crippen molar-refractivity contribution in [2.45, 2.75) is 58.1 Å². The molecule has 0 unspecified atom stereocenters. The topological polar surface area (TPSA) is 64.6 Å². The Balaban J connectivity index is 1.66. The number of esters is 1. The minimum absolute atomic E-state index is 0.126. The van der Waals surface area contributed by atoms with Gasteiger partial charge in [-0.15, -0.1) is 0 Å². The van der Waals surface area contributed by atoms with E-state index >= 15 is 0 Å². The van der Waals surface area contributed by atoms with Gasteiger partial charge in [0, 0.05) is 6.04 Å². The molecule has 0 spiro atoms. The van der Waals surface area contributed by atoms with E-state index in [9.17, 15) is 9.59 Å². The summed E-state index contributed by atoms with van der Waals surface area (Å²) in [6, 6.07) is 7.74. The molecule has 1 aromatic carbocycles. The van der Waals surface area contributed by atoms with Gasteiger partial charge in [-0.25, -0.2) is 9.59 Å². The van der Waals surface area contributed by atoms with Gasteiger partial charge in [0.05, 0.1) is 5.56 Å². The number of hydrogen-bond acceptors (Lipinski definition) is 4. The van der Waals surface area contributed by atoms with Crippen LogP contribution in [0.25, 0.3) is 5.57 Å². The highest BCUT2D eigenvalue weighted by atomic mass is 16.6. The predicted octanol–water partition coefficient (Wildman–Crippen LogP) is 4.08. The van der Waals surface area contributed by atoms with E-state index in [0.717, 1.165) is 36.8 Å². The molecule has 5 nitrogen and oxygen atoms in total. The highest BCUT2D eigenvalue weighted by Gasteiger charge is 2.27. The number of ether oxygens (including phenoxy) is 2. The molecule has 1 N–H and O–H groups in total. The van der Waals surface area contributed by atoms with Crippen LogP contribution in [0.5, 0.6) is 0 Å². The normalized spacial score (nSPS) is 20.6. The standard InChI is InChI=1S/C20H25NO4/c1-20(2,3)25-19(23)21-14-10-8-13(9-11-14)17-12-24-18(22)16-7-5-4-6-15(16)17/h4-7,14H,8-12H2,1-3H3,(H,21,23). The lowest BCUT2D eigenvalue weighted by atomic mass is 9.84. The van der Waals surface area contributed by atoms with E-state index in [-0.39, 0.29) is 18.1 Å². The van der Waals surface area contributed by atoms with E-state index in [1.807, 2.05) is 45.0 Å². The van der Waals surface area contributed by atoms with Gasteiger partial charge in [-0.2, -0.15) is 0 Å². The van der Waals surface area contributed by atoms with E-state index in [0.29, 0.717) is 12.2 Å². The Morgan fingerprint density at radius 1 is 1.16 bits per heavy atom. The number of carbonyl (C=O) groups excluding carboxylic acids is 2. The molecule has 1 fully saturated rings. The zero-order valence-electron chi connectivity index (χ0n) is 15.1. The largest absolute Gasteiger partial charge is 0.457 e. The molecule has 1 amide bonds. The Morgan fingerprint density at radius 2 is 1.80 bits per heavy atom. The van der Waals surface area contributed by atoms with Gasteiger partial charge in [0.1, 0.15) is 12.2 Å². The van der Waals surface area contributed by atoms with Gasteiger partial charge < -0.3 is 14.8 Å². The van der Waals surface area contributed by atoms with Crippen LogP contribution in [0.4, 0.5) is 4.79 Å². The molecule has 2 aliphatic rings. The molecule has 5 heteroatoms. The number of amides is 1. The SMILES string of the molecule is CC(C)(C)OC(=O)NC1CCC(=C2COC(=O)c3ccccc32)CC1. The van der Waals surface area contributed by atoms with Gasteiger partial charge in [-0.05, 0) is 63.7 Å². The summed E-state index contributed by atoms with van der Waals surface area (Å²) in [6.45, 7) is 5.92. The van der Waals surface area contributed by atoms with Crippen LogP contribution in [-0.2, 0) is 9.47 Å². The molecule has 1 aliphatic carbocycles. The number of fused-ring (bicyclic) bond motifs is 1. The van der Waals surface area contributed by atoms with Gasteiger partial charge in [0.25, 0.3) is 0 Å². The third kappa shape index (κ3) is 4.21. The smallest absolute Gasteiger partial charge is 0.407 e. The van der Waals surface area contributed by atoms with E-state index < -0.39 is 5.60 Å². The summed E-state index contributed by atoms with van der Waals surface area (Å²) in [4.78, 5) is 23.8. The minimum atomic E-state index is -0.485.